The standard InChI is InChI=1S/C17H21FN2O4/c1-23-15-9-12-14(10-13(15)18)19-17(22)20(16(12)21)7-4-6-11-5-2-3-8-24-11/h9-11H,2-8H2,1H3,(H,19,22). The van der Waals surface area contributed by atoms with E-state index in [2.05, 4.69) is 4.98 Å². The fraction of sp³-hybridized carbons (Fsp3) is 0.529. The molecule has 1 aromatic carbocycles. The van der Waals surface area contributed by atoms with E-state index in [1.165, 1.54) is 13.2 Å². The molecule has 6 nitrogen and oxygen atoms in total. The van der Waals surface area contributed by atoms with Crippen molar-refractivity contribution in [2.24, 2.45) is 0 Å². The lowest BCUT2D eigenvalue weighted by Crippen LogP contribution is -2.35. The van der Waals surface area contributed by atoms with Crippen molar-refractivity contribution in [2.45, 2.75) is 44.8 Å². The van der Waals surface area contributed by atoms with Crippen LogP contribution in [0.15, 0.2) is 21.7 Å². The van der Waals surface area contributed by atoms with Gasteiger partial charge in [-0.15, -0.1) is 0 Å². The minimum absolute atomic E-state index is 0.0196. The van der Waals surface area contributed by atoms with E-state index in [1.807, 2.05) is 0 Å². The molecule has 1 N–H and O–H groups in total. The Morgan fingerprint density at radius 2 is 2.21 bits per heavy atom. The molecular formula is C17H21FN2O4. The van der Waals surface area contributed by atoms with Gasteiger partial charge in [-0.3, -0.25) is 9.36 Å². The highest BCUT2D eigenvalue weighted by Gasteiger charge is 2.15. The van der Waals surface area contributed by atoms with Gasteiger partial charge in [0.05, 0.1) is 24.1 Å². The fourth-order valence-corrected chi connectivity index (χ4v) is 3.13. The van der Waals surface area contributed by atoms with Crippen molar-refractivity contribution in [3.8, 4) is 5.75 Å². The number of nitrogens with one attached hydrogen (secondary N) is 1. The zero-order valence-electron chi connectivity index (χ0n) is 13.6. The molecular weight excluding hydrogens is 315 g/mol. The van der Waals surface area contributed by atoms with Gasteiger partial charge in [-0.25, -0.2) is 9.18 Å². The Kier molecular flexibility index (Phi) is 4.99. The smallest absolute Gasteiger partial charge is 0.328 e. The highest BCUT2D eigenvalue weighted by atomic mass is 19.1. The monoisotopic (exact) mass is 336 g/mol. The normalized spacial score (nSPS) is 18.0. The van der Waals surface area contributed by atoms with E-state index in [1.54, 1.807) is 0 Å². The van der Waals surface area contributed by atoms with E-state index in [4.69, 9.17) is 9.47 Å². The van der Waals surface area contributed by atoms with Crippen molar-refractivity contribution in [3.63, 3.8) is 0 Å². The summed E-state index contributed by atoms with van der Waals surface area (Å²) in [6, 6.07) is 2.43. The Morgan fingerprint density at radius 1 is 1.38 bits per heavy atom. The highest BCUT2D eigenvalue weighted by Crippen LogP contribution is 2.21. The van der Waals surface area contributed by atoms with Crippen LogP contribution in [0, 0.1) is 5.82 Å². The number of benzene rings is 1. The van der Waals surface area contributed by atoms with Gasteiger partial charge in [-0.2, -0.15) is 0 Å². The molecule has 0 spiro atoms. The van der Waals surface area contributed by atoms with E-state index < -0.39 is 17.1 Å². The minimum Gasteiger partial charge on any atom is -0.494 e. The third kappa shape index (κ3) is 3.36. The Balaban J connectivity index is 1.83. The molecule has 2 heterocycles. The lowest BCUT2D eigenvalue weighted by molar-refractivity contribution is 0.00945. The number of aromatic nitrogens is 2. The molecule has 24 heavy (non-hydrogen) atoms. The molecule has 2 aromatic rings. The number of hydrogen-bond donors (Lipinski definition) is 1. The number of nitrogens with zero attached hydrogens (tertiary/aromatic N) is 1. The second kappa shape index (κ2) is 7.17. The molecule has 3 rings (SSSR count). The first kappa shape index (κ1) is 16.7. The van der Waals surface area contributed by atoms with Crippen LogP contribution in [0.1, 0.15) is 32.1 Å². The Morgan fingerprint density at radius 3 is 2.92 bits per heavy atom. The number of aromatic amines is 1. The lowest BCUT2D eigenvalue weighted by atomic mass is 10.0. The van der Waals surface area contributed by atoms with Gasteiger partial charge in [-0.1, -0.05) is 0 Å². The average molecular weight is 336 g/mol. The Labute approximate surface area is 138 Å². The first-order chi connectivity index (χ1) is 11.6. The fourth-order valence-electron chi connectivity index (χ4n) is 3.13. The summed E-state index contributed by atoms with van der Waals surface area (Å²) < 4.78 is 25.4. The van der Waals surface area contributed by atoms with Gasteiger partial charge in [-0.05, 0) is 38.2 Å². The number of rotatable bonds is 5. The predicted octanol–water partition coefficient (Wildman–Crippen LogP) is 2.19. The molecule has 0 bridgehead atoms. The van der Waals surface area contributed by atoms with Crippen LogP contribution in [-0.2, 0) is 11.3 Å². The molecule has 1 saturated heterocycles. The van der Waals surface area contributed by atoms with Crippen LogP contribution in [0.25, 0.3) is 10.9 Å². The number of H-pyrrole nitrogens is 1. The molecule has 1 fully saturated rings. The summed E-state index contributed by atoms with van der Waals surface area (Å²) in [6.07, 6.45) is 4.99. The number of fused-ring (bicyclic) bond motifs is 1. The maximum Gasteiger partial charge on any atom is 0.328 e. The maximum absolute atomic E-state index is 13.7. The van der Waals surface area contributed by atoms with Gasteiger partial charge < -0.3 is 14.5 Å². The van der Waals surface area contributed by atoms with Crippen molar-refractivity contribution in [2.75, 3.05) is 13.7 Å². The molecule has 0 aliphatic carbocycles. The molecule has 0 saturated carbocycles. The molecule has 1 atom stereocenters. The Hall–Kier alpha value is -2.15. The number of halogens is 1. The van der Waals surface area contributed by atoms with Crippen LogP contribution in [0.2, 0.25) is 0 Å². The lowest BCUT2D eigenvalue weighted by Gasteiger charge is -2.22. The molecule has 0 radical (unpaired) electrons. The third-order valence-electron chi connectivity index (χ3n) is 4.44. The topological polar surface area (TPSA) is 73.3 Å². The van der Waals surface area contributed by atoms with Gasteiger partial charge in [0.25, 0.3) is 5.56 Å². The van der Waals surface area contributed by atoms with Gasteiger partial charge >= 0.3 is 5.69 Å². The Bertz CT molecular complexity index is 837. The zero-order chi connectivity index (χ0) is 17.1. The quantitative estimate of drug-likeness (QED) is 0.908. The second-order valence-corrected chi connectivity index (χ2v) is 6.05. The van der Waals surface area contributed by atoms with Crippen LogP contribution < -0.4 is 16.0 Å². The predicted molar refractivity (Wildman–Crippen MR) is 88.2 cm³/mol. The molecule has 130 valence electrons. The molecule has 1 aliphatic rings. The molecule has 1 unspecified atom stereocenters. The summed E-state index contributed by atoms with van der Waals surface area (Å²) in [6.45, 7) is 1.09. The highest BCUT2D eigenvalue weighted by molar-refractivity contribution is 5.79. The summed E-state index contributed by atoms with van der Waals surface area (Å²) in [5.74, 6) is -0.638. The molecule has 0 amide bonds. The maximum atomic E-state index is 13.7. The van der Waals surface area contributed by atoms with Crippen LogP contribution in [0.3, 0.4) is 0 Å². The van der Waals surface area contributed by atoms with E-state index >= 15 is 0 Å². The van der Waals surface area contributed by atoms with Gasteiger partial charge in [0, 0.05) is 19.2 Å². The summed E-state index contributed by atoms with van der Waals surface area (Å²) in [5.41, 5.74) is -0.784. The first-order valence-electron chi connectivity index (χ1n) is 8.22. The van der Waals surface area contributed by atoms with E-state index in [0.29, 0.717) is 13.0 Å². The van der Waals surface area contributed by atoms with Crippen molar-refractivity contribution in [3.05, 3.63) is 38.8 Å². The molecule has 1 aromatic heterocycles. The molecule has 7 heteroatoms. The number of methoxy groups -OCH3 is 1. The van der Waals surface area contributed by atoms with Crippen molar-refractivity contribution in [1.29, 1.82) is 0 Å². The number of ether oxygens (including phenoxy) is 2. The van der Waals surface area contributed by atoms with E-state index in [0.717, 1.165) is 42.9 Å². The SMILES string of the molecule is COc1cc2c(=O)n(CCCC3CCCCO3)c(=O)[nH]c2cc1F. The summed E-state index contributed by atoms with van der Waals surface area (Å²) in [4.78, 5) is 27.2. The van der Waals surface area contributed by atoms with Gasteiger partial charge in [0.1, 0.15) is 0 Å². The van der Waals surface area contributed by atoms with Crippen LogP contribution in [0.4, 0.5) is 4.39 Å². The van der Waals surface area contributed by atoms with Crippen LogP contribution >= 0.6 is 0 Å². The van der Waals surface area contributed by atoms with Crippen LogP contribution in [0.5, 0.6) is 5.75 Å². The second-order valence-electron chi connectivity index (χ2n) is 6.05. The average Bonchev–Trinajstić information content (AvgIpc) is 2.58. The van der Waals surface area contributed by atoms with Crippen molar-refractivity contribution < 1.29 is 13.9 Å². The molecule has 1 aliphatic heterocycles. The van der Waals surface area contributed by atoms with Crippen molar-refractivity contribution in [1.82, 2.24) is 9.55 Å². The summed E-state index contributed by atoms with van der Waals surface area (Å²) in [7, 11) is 1.33. The zero-order valence-corrected chi connectivity index (χ0v) is 13.6. The summed E-state index contributed by atoms with van der Waals surface area (Å²) in [5, 5.41) is 0.238. The van der Waals surface area contributed by atoms with E-state index in [9.17, 15) is 14.0 Å². The summed E-state index contributed by atoms with van der Waals surface area (Å²) >= 11 is 0. The largest absolute Gasteiger partial charge is 0.494 e. The van der Waals surface area contributed by atoms with Crippen LogP contribution in [-0.4, -0.2) is 29.4 Å². The van der Waals surface area contributed by atoms with Gasteiger partial charge in [0.2, 0.25) is 0 Å². The number of hydrogen-bond acceptors (Lipinski definition) is 4. The van der Waals surface area contributed by atoms with Gasteiger partial charge in [0.15, 0.2) is 11.6 Å². The minimum atomic E-state index is -0.618. The third-order valence-corrected chi connectivity index (χ3v) is 4.44. The van der Waals surface area contributed by atoms with Crippen molar-refractivity contribution >= 4 is 10.9 Å². The first-order valence-corrected chi connectivity index (χ1v) is 8.22. The van der Waals surface area contributed by atoms with E-state index in [-0.39, 0.29) is 22.8 Å².